The van der Waals surface area contributed by atoms with E-state index < -0.39 is 6.10 Å². The third-order valence-corrected chi connectivity index (χ3v) is 3.76. The molecule has 2 aromatic rings. The molecule has 5 nitrogen and oxygen atoms in total. The number of aromatic nitrogens is 1. The second kappa shape index (κ2) is 7.19. The van der Waals surface area contributed by atoms with Crippen molar-refractivity contribution >= 4 is 17.2 Å². The number of ether oxygens (including phenoxy) is 1. The first kappa shape index (κ1) is 15.5. The Kier molecular flexibility index (Phi) is 5.30. The number of hydrogen-bond donors (Lipinski definition) is 2. The first-order valence-electron chi connectivity index (χ1n) is 6.64. The molecule has 0 aliphatic carbocycles. The van der Waals surface area contributed by atoms with E-state index >= 15 is 0 Å². The number of amides is 1. The van der Waals surface area contributed by atoms with E-state index in [1.165, 1.54) is 0 Å². The highest BCUT2D eigenvalue weighted by atomic mass is 32.1. The van der Waals surface area contributed by atoms with E-state index in [4.69, 9.17) is 9.84 Å². The summed E-state index contributed by atoms with van der Waals surface area (Å²) in [6.07, 6.45) is 1.17. The molecule has 0 aliphatic rings. The quantitative estimate of drug-likeness (QED) is 0.856. The lowest BCUT2D eigenvalue weighted by Gasteiger charge is -2.14. The molecule has 1 atom stereocenters. The Morgan fingerprint density at radius 3 is 3.00 bits per heavy atom. The predicted molar refractivity (Wildman–Crippen MR) is 81.2 cm³/mol. The summed E-state index contributed by atoms with van der Waals surface area (Å²) in [5, 5.41) is 12.7. The molecule has 1 unspecified atom stereocenters. The third-order valence-electron chi connectivity index (χ3n) is 2.85. The van der Waals surface area contributed by atoms with Crippen molar-refractivity contribution in [3.05, 3.63) is 45.9 Å². The van der Waals surface area contributed by atoms with Crippen LogP contribution in [0, 0.1) is 6.92 Å². The Hall–Kier alpha value is -1.92. The maximum Gasteiger partial charge on any atom is 0.261 e. The van der Waals surface area contributed by atoms with Crippen LogP contribution in [0.25, 0.3) is 0 Å². The molecular weight excluding hydrogens is 288 g/mol. The van der Waals surface area contributed by atoms with E-state index in [1.807, 2.05) is 6.92 Å². The van der Waals surface area contributed by atoms with Crippen LogP contribution in [0.1, 0.15) is 22.4 Å². The molecule has 0 radical (unpaired) electrons. The van der Waals surface area contributed by atoms with Crippen LogP contribution in [0.15, 0.2) is 30.5 Å². The van der Waals surface area contributed by atoms with Gasteiger partial charge >= 0.3 is 0 Å². The minimum atomic E-state index is -0.611. The van der Waals surface area contributed by atoms with Crippen LogP contribution in [0.4, 0.5) is 0 Å². The van der Waals surface area contributed by atoms with Crippen LogP contribution >= 0.6 is 11.3 Å². The number of nitrogens with one attached hydrogen (secondary N) is 1. The maximum absolute atomic E-state index is 12.0. The maximum atomic E-state index is 12.0. The summed E-state index contributed by atoms with van der Waals surface area (Å²) in [5.74, 6) is 0.367. The summed E-state index contributed by atoms with van der Waals surface area (Å²) in [4.78, 5) is 17.3. The van der Waals surface area contributed by atoms with Crippen molar-refractivity contribution in [3.8, 4) is 5.75 Å². The van der Waals surface area contributed by atoms with Gasteiger partial charge in [-0.2, -0.15) is 0 Å². The molecule has 0 aliphatic heterocycles. The zero-order chi connectivity index (χ0) is 15.2. The lowest BCUT2D eigenvalue weighted by Crippen LogP contribution is -2.35. The molecule has 1 amide bonds. The molecule has 1 heterocycles. The summed E-state index contributed by atoms with van der Waals surface area (Å²) in [6.45, 7) is 4.01. The Morgan fingerprint density at radius 2 is 2.33 bits per heavy atom. The standard InChI is InChI=1S/C15H18N2O3S/c1-10-7-16-14(21-10)8-17-15(19)11(2)20-13-5-3-4-12(6-13)9-18/h3-7,11,18H,8-9H2,1-2H3,(H,17,19). The number of nitrogens with zero attached hydrogens (tertiary/aromatic N) is 1. The molecule has 1 aromatic carbocycles. The Labute approximate surface area is 127 Å². The number of thiazole rings is 1. The van der Waals surface area contributed by atoms with Crippen LogP contribution < -0.4 is 10.1 Å². The number of aliphatic hydroxyl groups excluding tert-OH is 1. The normalized spacial score (nSPS) is 12.0. The van der Waals surface area contributed by atoms with Crippen molar-refractivity contribution in [2.75, 3.05) is 0 Å². The van der Waals surface area contributed by atoms with Gasteiger partial charge in [-0.05, 0) is 31.5 Å². The molecule has 112 valence electrons. The van der Waals surface area contributed by atoms with Crippen LogP contribution in [0.3, 0.4) is 0 Å². The van der Waals surface area contributed by atoms with Crippen molar-refractivity contribution in [3.63, 3.8) is 0 Å². The molecule has 0 saturated carbocycles. The number of carbonyl (C=O) groups excluding carboxylic acids is 1. The van der Waals surface area contributed by atoms with E-state index in [2.05, 4.69) is 10.3 Å². The Balaban J connectivity index is 1.87. The fourth-order valence-electron chi connectivity index (χ4n) is 1.76. The van der Waals surface area contributed by atoms with Crippen LogP contribution in [-0.2, 0) is 17.9 Å². The van der Waals surface area contributed by atoms with Gasteiger partial charge in [-0.15, -0.1) is 11.3 Å². The average Bonchev–Trinajstić information content (AvgIpc) is 2.90. The van der Waals surface area contributed by atoms with Crippen molar-refractivity contribution in [2.24, 2.45) is 0 Å². The van der Waals surface area contributed by atoms with Gasteiger partial charge < -0.3 is 15.2 Å². The van der Waals surface area contributed by atoms with Gasteiger partial charge in [0.1, 0.15) is 10.8 Å². The van der Waals surface area contributed by atoms with E-state index in [1.54, 1.807) is 48.7 Å². The molecule has 0 saturated heterocycles. The van der Waals surface area contributed by atoms with Gasteiger partial charge in [-0.3, -0.25) is 4.79 Å². The molecule has 0 fully saturated rings. The molecule has 1 aromatic heterocycles. The summed E-state index contributed by atoms with van der Waals surface area (Å²) >= 11 is 1.56. The average molecular weight is 306 g/mol. The lowest BCUT2D eigenvalue weighted by atomic mass is 10.2. The number of rotatable bonds is 6. The summed E-state index contributed by atoms with van der Waals surface area (Å²) in [6, 6.07) is 7.05. The van der Waals surface area contributed by atoms with Crippen molar-refractivity contribution < 1.29 is 14.6 Å². The smallest absolute Gasteiger partial charge is 0.261 e. The second-order valence-electron chi connectivity index (χ2n) is 4.65. The molecule has 2 rings (SSSR count). The molecule has 0 bridgehead atoms. The first-order valence-corrected chi connectivity index (χ1v) is 7.45. The van der Waals surface area contributed by atoms with E-state index in [0.29, 0.717) is 12.3 Å². The van der Waals surface area contributed by atoms with Crippen molar-refractivity contribution in [2.45, 2.75) is 33.1 Å². The molecule has 0 spiro atoms. The molecule has 21 heavy (non-hydrogen) atoms. The largest absolute Gasteiger partial charge is 0.481 e. The first-order chi connectivity index (χ1) is 10.1. The highest BCUT2D eigenvalue weighted by Gasteiger charge is 2.15. The second-order valence-corrected chi connectivity index (χ2v) is 5.97. The minimum absolute atomic E-state index is 0.0544. The van der Waals surface area contributed by atoms with Gasteiger partial charge in [0.15, 0.2) is 6.10 Å². The number of benzene rings is 1. The molecular formula is C15H18N2O3S. The fraction of sp³-hybridized carbons (Fsp3) is 0.333. The van der Waals surface area contributed by atoms with Gasteiger partial charge in [-0.25, -0.2) is 4.98 Å². The summed E-state index contributed by atoms with van der Waals surface area (Å²) in [7, 11) is 0. The SMILES string of the molecule is Cc1cnc(CNC(=O)C(C)Oc2cccc(CO)c2)s1. The van der Waals surface area contributed by atoms with Crippen molar-refractivity contribution in [1.29, 1.82) is 0 Å². The summed E-state index contributed by atoms with van der Waals surface area (Å²) in [5.41, 5.74) is 0.748. The van der Waals surface area contributed by atoms with E-state index in [9.17, 15) is 4.79 Å². The van der Waals surface area contributed by atoms with Gasteiger partial charge in [0.2, 0.25) is 0 Å². The Morgan fingerprint density at radius 1 is 1.52 bits per heavy atom. The van der Waals surface area contributed by atoms with Gasteiger partial charge in [0.05, 0.1) is 13.2 Å². The van der Waals surface area contributed by atoms with E-state index in [0.717, 1.165) is 15.4 Å². The predicted octanol–water partition coefficient (Wildman–Crippen LogP) is 2.03. The van der Waals surface area contributed by atoms with Crippen LogP contribution in [0.2, 0.25) is 0 Å². The number of aliphatic hydroxyl groups is 1. The fourth-order valence-corrected chi connectivity index (χ4v) is 2.49. The highest BCUT2D eigenvalue weighted by molar-refractivity contribution is 7.11. The third kappa shape index (κ3) is 4.54. The van der Waals surface area contributed by atoms with Crippen LogP contribution in [-0.4, -0.2) is 22.1 Å². The van der Waals surface area contributed by atoms with Gasteiger partial charge in [-0.1, -0.05) is 12.1 Å². The summed E-state index contributed by atoms with van der Waals surface area (Å²) < 4.78 is 5.57. The lowest BCUT2D eigenvalue weighted by molar-refractivity contribution is -0.127. The Bertz CT molecular complexity index is 612. The van der Waals surface area contributed by atoms with Crippen molar-refractivity contribution in [1.82, 2.24) is 10.3 Å². The van der Waals surface area contributed by atoms with E-state index in [-0.39, 0.29) is 12.5 Å². The van der Waals surface area contributed by atoms with Crippen LogP contribution in [0.5, 0.6) is 5.75 Å². The monoisotopic (exact) mass is 306 g/mol. The number of carbonyl (C=O) groups is 1. The zero-order valence-electron chi connectivity index (χ0n) is 12.0. The highest BCUT2D eigenvalue weighted by Crippen LogP contribution is 2.15. The number of hydrogen-bond acceptors (Lipinski definition) is 5. The molecule has 2 N–H and O–H groups in total. The topological polar surface area (TPSA) is 71.5 Å². The zero-order valence-corrected chi connectivity index (χ0v) is 12.8. The molecule has 6 heteroatoms. The minimum Gasteiger partial charge on any atom is -0.481 e. The van der Waals surface area contributed by atoms with Gasteiger partial charge in [0.25, 0.3) is 5.91 Å². The number of aryl methyl sites for hydroxylation is 1. The van der Waals surface area contributed by atoms with Gasteiger partial charge in [0, 0.05) is 11.1 Å².